The topological polar surface area (TPSA) is 104 Å². The van der Waals surface area contributed by atoms with E-state index in [0.29, 0.717) is 5.92 Å². The van der Waals surface area contributed by atoms with E-state index in [-0.39, 0.29) is 28.9 Å². The molecule has 0 aromatic carbocycles. The van der Waals surface area contributed by atoms with Crippen molar-refractivity contribution in [1.29, 1.82) is 0 Å². The largest absolute Gasteiger partial charge is 0.469 e. The SMILES string of the molecule is CC1CC(Oc2ncnc(N)c2[N+](=O)[O-])CC(C)(C)C1. The summed E-state index contributed by atoms with van der Waals surface area (Å²) in [6, 6.07) is 0. The molecule has 1 aromatic rings. The lowest BCUT2D eigenvalue weighted by molar-refractivity contribution is -0.385. The number of ether oxygens (including phenoxy) is 1. The van der Waals surface area contributed by atoms with Crippen molar-refractivity contribution in [2.24, 2.45) is 11.3 Å². The second-order valence-corrected chi connectivity index (χ2v) is 6.32. The van der Waals surface area contributed by atoms with Crippen LogP contribution >= 0.6 is 0 Å². The Kier molecular flexibility index (Phi) is 3.78. The molecule has 1 aliphatic carbocycles. The molecule has 2 N–H and O–H groups in total. The highest BCUT2D eigenvalue weighted by molar-refractivity contribution is 5.57. The molecule has 0 aliphatic heterocycles. The lowest BCUT2D eigenvalue weighted by atomic mass is 9.71. The lowest BCUT2D eigenvalue weighted by Crippen LogP contribution is -2.34. The Balaban J connectivity index is 2.22. The van der Waals surface area contributed by atoms with Crippen LogP contribution in [-0.2, 0) is 0 Å². The summed E-state index contributed by atoms with van der Waals surface area (Å²) in [6.07, 6.45) is 3.94. The molecule has 1 fully saturated rings. The summed E-state index contributed by atoms with van der Waals surface area (Å²) in [6.45, 7) is 6.53. The number of anilines is 1. The van der Waals surface area contributed by atoms with Crippen molar-refractivity contribution in [3.05, 3.63) is 16.4 Å². The number of nitrogens with zero attached hydrogens (tertiary/aromatic N) is 3. The summed E-state index contributed by atoms with van der Waals surface area (Å²) in [5, 5.41) is 11.0. The van der Waals surface area contributed by atoms with Gasteiger partial charge in [-0.3, -0.25) is 10.1 Å². The number of hydrogen-bond donors (Lipinski definition) is 1. The Bertz CT molecular complexity index is 518. The minimum atomic E-state index is -0.595. The first kappa shape index (κ1) is 14.5. The molecule has 2 rings (SSSR count). The fraction of sp³-hybridized carbons (Fsp3) is 0.692. The number of rotatable bonds is 3. The molecule has 110 valence electrons. The summed E-state index contributed by atoms with van der Waals surface area (Å²) in [4.78, 5) is 18.0. The predicted octanol–water partition coefficient (Wildman–Crippen LogP) is 2.56. The molecule has 0 spiro atoms. The molecule has 7 heteroatoms. The van der Waals surface area contributed by atoms with Crippen LogP contribution < -0.4 is 10.5 Å². The second-order valence-electron chi connectivity index (χ2n) is 6.32. The van der Waals surface area contributed by atoms with Gasteiger partial charge in [0.15, 0.2) is 0 Å². The third-order valence-electron chi connectivity index (χ3n) is 3.62. The monoisotopic (exact) mass is 280 g/mol. The van der Waals surface area contributed by atoms with Crippen LogP contribution in [0.3, 0.4) is 0 Å². The minimum absolute atomic E-state index is 0.0302. The van der Waals surface area contributed by atoms with Crippen molar-refractivity contribution < 1.29 is 9.66 Å². The first-order valence-corrected chi connectivity index (χ1v) is 6.70. The molecule has 0 amide bonds. The van der Waals surface area contributed by atoms with Crippen LogP contribution in [-0.4, -0.2) is 21.0 Å². The zero-order valence-electron chi connectivity index (χ0n) is 12.0. The van der Waals surface area contributed by atoms with Crippen LogP contribution in [0.5, 0.6) is 5.88 Å². The lowest BCUT2D eigenvalue weighted by Gasteiger charge is -2.38. The van der Waals surface area contributed by atoms with Crippen LogP contribution in [0.15, 0.2) is 6.33 Å². The maximum absolute atomic E-state index is 11.0. The first-order valence-electron chi connectivity index (χ1n) is 6.70. The normalized spacial score (nSPS) is 25.1. The Labute approximate surface area is 117 Å². The number of aromatic nitrogens is 2. The Morgan fingerprint density at radius 1 is 1.45 bits per heavy atom. The summed E-state index contributed by atoms with van der Waals surface area (Å²) in [5.41, 5.74) is 5.35. The van der Waals surface area contributed by atoms with E-state index in [1.807, 2.05) is 0 Å². The molecular formula is C13H20N4O3. The quantitative estimate of drug-likeness (QED) is 0.674. The van der Waals surface area contributed by atoms with Crippen LogP contribution in [0, 0.1) is 21.4 Å². The Morgan fingerprint density at radius 2 is 2.15 bits per heavy atom. The van der Waals surface area contributed by atoms with Crippen molar-refractivity contribution in [2.75, 3.05) is 5.73 Å². The first-order chi connectivity index (χ1) is 9.28. The maximum atomic E-state index is 11.0. The van der Waals surface area contributed by atoms with Crippen LogP contribution in [0.2, 0.25) is 0 Å². The fourth-order valence-corrected chi connectivity index (χ4v) is 3.14. The molecule has 0 saturated heterocycles. The van der Waals surface area contributed by atoms with Gasteiger partial charge in [0, 0.05) is 0 Å². The van der Waals surface area contributed by atoms with Gasteiger partial charge in [0.25, 0.3) is 5.88 Å². The van der Waals surface area contributed by atoms with E-state index < -0.39 is 4.92 Å². The second kappa shape index (κ2) is 5.22. The van der Waals surface area contributed by atoms with Gasteiger partial charge in [0.1, 0.15) is 12.4 Å². The summed E-state index contributed by atoms with van der Waals surface area (Å²) in [7, 11) is 0. The highest BCUT2D eigenvalue weighted by Gasteiger charge is 2.35. The van der Waals surface area contributed by atoms with Gasteiger partial charge in [-0.25, -0.2) is 4.98 Å². The standard InChI is InChI=1S/C13H20N4O3/c1-8-4-9(6-13(2,3)5-8)20-12-10(17(18)19)11(14)15-7-16-12/h7-9H,4-6H2,1-3H3,(H2,14,15,16). The molecule has 1 aromatic heterocycles. The van der Waals surface area contributed by atoms with E-state index in [0.717, 1.165) is 19.3 Å². The molecule has 0 bridgehead atoms. The number of nitrogens with two attached hydrogens (primary N) is 1. The van der Waals surface area contributed by atoms with Gasteiger partial charge >= 0.3 is 5.69 Å². The van der Waals surface area contributed by atoms with Crippen LogP contribution in [0.25, 0.3) is 0 Å². The minimum Gasteiger partial charge on any atom is -0.469 e. The zero-order chi connectivity index (χ0) is 14.9. The Hall–Kier alpha value is -1.92. The molecule has 1 heterocycles. The third-order valence-corrected chi connectivity index (χ3v) is 3.62. The van der Waals surface area contributed by atoms with Gasteiger partial charge in [-0.15, -0.1) is 0 Å². The van der Waals surface area contributed by atoms with E-state index in [9.17, 15) is 10.1 Å². The average Bonchev–Trinajstić information content (AvgIpc) is 2.25. The van der Waals surface area contributed by atoms with E-state index in [4.69, 9.17) is 10.5 Å². The van der Waals surface area contributed by atoms with Gasteiger partial charge in [0.2, 0.25) is 5.82 Å². The molecule has 1 aliphatic rings. The molecule has 7 nitrogen and oxygen atoms in total. The summed E-state index contributed by atoms with van der Waals surface area (Å²) < 4.78 is 5.76. The molecule has 1 saturated carbocycles. The van der Waals surface area contributed by atoms with Crippen LogP contribution in [0.1, 0.15) is 40.0 Å². The Morgan fingerprint density at radius 3 is 2.75 bits per heavy atom. The summed E-state index contributed by atoms with van der Waals surface area (Å²) in [5.74, 6) is 0.322. The predicted molar refractivity (Wildman–Crippen MR) is 74.3 cm³/mol. The van der Waals surface area contributed by atoms with Crippen molar-refractivity contribution in [2.45, 2.75) is 46.1 Å². The van der Waals surface area contributed by atoms with Crippen molar-refractivity contribution in [3.63, 3.8) is 0 Å². The van der Waals surface area contributed by atoms with Crippen molar-refractivity contribution in [1.82, 2.24) is 9.97 Å². The highest BCUT2D eigenvalue weighted by Crippen LogP contribution is 2.41. The number of nitrogen functional groups attached to an aromatic ring is 1. The van der Waals surface area contributed by atoms with Gasteiger partial charge in [-0.1, -0.05) is 20.8 Å². The van der Waals surface area contributed by atoms with Gasteiger partial charge in [0.05, 0.1) is 4.92 Å². The van der Waals surface area contributed by atoms with Crippen LogP contribution in [0.4, 0.5) is 11.5 Å². The van der Waals surface area contributed by atoms with E-state index in [1.165, 1.54) is 6.33 Å². The maximum Gasteiger partial charge on any atom is 0.372 e. The molecule has 2 atom stereocenters. The fourth-order valence-electron chi connectivity index (χ4n) is 3.14. The molecule has 20 heavy (non-hydrogen) atoms. The van der Waals surface area contributed by atoms with Crippen molar-refractivity contribution in [3.8, 4) is 5.88 Å². The smallest absolute Gasteiger partial charge is 0.372 e. The molecule has 2 unspecified atom stereocenters. The van der Waals surface area contributed by atoms with Gasteiger partial charge in [-0.05, 0) is 30.6 Å². The number of nitro groups is 1. The van der Waals surface area contributed by atoms with E-state index >= 15 is 0 Å². The number of hydrogen-bond acceptors (Lipinski definition) is 6. The van der Waals surface area contributed by atoms with Gasteiger partial charge in [-0.2, -0.15) is 4.98 Å². The summed E-state index contributed by atoms with van der Waals surface area (Å²) >= 11 is 0. The van der Waals surface area contributed by atoms with Crippen molar-refractivity contribution >= 4 is 11.5 Å². The molecular weight excluding hydrogens is 260 g/mol. The van der Waals surface area contributed by atoms with E-state index in [2.05, 4.69) is 30.7 Å². The third kappa shape index (κ3) is 3.15. The molecule has 0 radical (unpaired) electrons. The highest BCUT2D eigenvalue weighted by atomic mass is 16.6. The van der Waals surface area contributed by atoms with E-state index in [1.54, 1.807) is 0 Å². The van der Waals surface area contributed by atoms with Gasteiger partial charge < -0.3 is 10.5 Å². The zero-order valence-corrected chi connectivity index (χ0v) is 12.0. The average molecular weight is 280 g/mol.